The zero-order valence-electron chi connectivity index (χ0n) is 13.2. The second-order valence-corrected chi connectivity index (χ2v) is 5.60. The number of imide groups is 2. The first-order valence-electron chi connectivity index (χ1n) is 7.52. The summed E-state index contributed by atoms with van der Waals surface area (Å²) in [4.78, 5) is 67.2. The monoisotopic (exact) mass is 367 g/mol. The number of benzene rings is 1. The minimum absolute atomic E-state index is 0.0411. The summed E-state index contributed by atoms with van der Waals surface area (Å²) < 4.78 is 0. The number of aromatic hydroxyl groups is 1. The number of hydrogen-bond donors (Lipinski definition) is 5. The molecule has 1 aromatic heterocycles. The number of barbiturate groups is 1. The van der Waals surface area contributed by atoms with Crippen LogP contribution in [0.3, 0.4) is 0 Å². The molecule has 11 heteroatoms. The maximum Gasteiger partial charge on any atom is 0.328 e. The molecule has 4 rings (SSSR count). The van der Waals surface area contributed by atoms with Crippen molar-refractivity contribution >= 4 is 29.3 Å². The maximum absolute atomic E-state index is 12.2. The van der Waals surface area contributed by atoms with E-state index >= 15 is 0 Å². The second kappa shape index (κ2) is 5.62. The van der Waals surface area contributed by atoms with Crippen LogP contribution in [0.15, 0.2) is 44.4 Å². The van der Waals surface area contributed by atoms with E-state index in [0.717, 1.165) is 0 Å². The van der Waals surface area contributed by atoms with Gasteiger partial charge in [-0.2, -0.15) is 0 Å². The Kier molecular flexibility index (Phi) is 3.37. The van der Waals surface area contributed by atoms with Crippen molar-refractivity contribution in [3.8, 4) is 5.88 Å². The van der Waals surface area contributed by atoms with Gasteiger partial charge in [-0.25, -0.2) is 14.6 Å². The Morgan fingerprint density at radius 3 is 2.11 bits per heavy atom. The van der Waals surface area contributed by atoms with Crippen LogP contribution in [0, 0.1) is 0 Å². The molecule has 2 aliphatic heterocycles. The standard InChI is InChI=1S/C16H9N5O6/c22-11-7(12(23)19-15(26)18-11)9-5-3-1-2-4-6(5)10(17-9)8-13(24)20-16(27)21-14(8)25/h1-4H,(H2,18,19,22,23,26)(H3,20,21,24,25,27). The van der Waals surface area contributed by atoms with Gasteiger partial charge in [-0.3, -0.25) is 35.0 Å². The van der Waals surface area contributed by atoms with Gasteiger partial charge < -0.3 is 5.11 Å². The molecule has 1 saturated heterocycles. The van der Waals surface area contributed by atoms with Crippen molar-refractivity contribution in [3.63, 3.8) is 0 Å². The van der Waals surface area contributed by atoms with Gasteiger partial charge in [0, 0.05) is 11.1 Å². The van der Waals surface area contributed by atoms with Crippen LogP contribution < -0.4 is 21.9 Å². The predicted molar refractivity (Wildman–Crippen MR) is 90.0 cm³/mol. The Morgan fingerprint density at radius 2 is 1.48 bits per heavy atom. The molecule has 0 unspecified atom stereocenters. The van der Waals surface area contributed by atoms with Crippen molar-refractivity contribution in [1.82, 2.24) is 20.6 Å². The molecule has 0 saturated carbocycles. The molecule has 11 nitrogen and oxygen atoms in total. The molecule has 3 heterocycles. The zero-order valence-corrected chi connectivity index (χ0v) is 13.2. The molecule has 1 aromatic carbocycles. The summed E-state index contributed by atoms with van der Waals surface area (Å²) in [7, 11) is 0. The Balaban J connectivity index is 2.03. The van der Waals surface area contributed by atoms with E-state index in [4.69, 9.17) is 0 Å². The molecule has 0 atom stereocenters. The number of aromatic amines is 2. The van der Waals surface area contributed by atoms with Gasteiger partial charge in [0.25, 0.3) is 17.4 Å². The first-order valence-corrected chi connectivity index (χ1v) is 7.52. The average molecular weight is 367 g/mol. The molecule has 5 N–H and O–H groups in total. The van der Waals surface area contributed by atoms with E-state index in [9.17, 15) is 29.1 Å². The Hall–Kier alpha value is -4.28. The van der Waals surface area contributed by atoms with Gasteiger partial charge in [0.05, 0.1) is 11.4 Å². The average Bonchev–Trinajstić information content (AvgIpc) is 2.93. The van der Waals surface area contributed by atoms with E-state index in [1.54, 1.807) is 24.3 Å². The highest BCUT2D eigenvalue weighted by Gasteiger charge is 2.36. The van der Waals surface area contributed by atoms with E-state index in [1.807, 2.05) is 20.6 Å². The number of carbonyl (C=O) groups is 3. The number of urea groups is 1. The number of hydrogen-bond acceptors (Lipinski definition) is 7. The molecule has 0 spiro atoms. The van der Waals surface area contributed by atoms with E-state index < -0.39 is 40.5 Å². The molecular weight excluding hydrogens is 358 g/mol. The maximum atomic E-state index is 12.2. The predicted octanol–water partition coefficient (Wildman–Crippen LogP) is -1.30. The van der Waals surface area contributed by atoms with Crippen molar-refractivity contribution in [1.29, 1.82) is 0 Å². The molecular formula is C16H9N5O6. The lowest BCUT2D eigenvalue weighted by Gasteiger charge is -2.15. The van der Waals surface area contributed by atoms with Gasteiger partial charge >= 0.3 is 11.7 Å². The fraction of sp³-hybridized carbons (Fsp3) is 0. The summed E-state index contributed by atoms with van der Waals surface area (Å²) in [6.07, 6.45) is 0. The topological polar surface area (TPSA) is 174 Å². The molecule has 0 bridgehead atoms. The normalized spacial score (nSPS) is 16.0. The number of H-pyrrole nitrogens is 2. The van der Waals surface area contributed by atoms with Crippen LogP contribution in [0.25, 0.3) is 5.70 Å². The summed E-state index contributed by atoms with van der Waals surface area (Å²) in [5.74, 6) is -2.60. The van der Waals surface area contributed by atoms with Crippen LogP contribution in [0.2, 0.25) is 0 Å². The highest BCUT2D eigenvalue weighted by atomic mass is 16.3. The van der Waals surface area contributed by atoms with E-state index in [1.165, 1.54) is 0 Å². The van der Waals surface area contributed by atoms with Crippen LogP contribution in [-0.4, -0.2) is 38.6 Å². The first kappa shape index (κ1) is 16.2. The van der Waals surface area contributed by atoms with Gasteiger partial charge in [-0.15, -0.1) is 0 Å². The second-order valence-electron chi connectivity index (χ2n) is 5.60. The number of amides is 4. The number of fused-ring (bicyclic) bond motifs is 1. The Labute approximate surface area is 148 Å². The van der Waals surface area contributed by atoms with Crippen molar-refractivity contribution in [2.45, 2.75) is 0 Å². The number of aromatic nitrogens is 2. The van der Waals surface area contributed by atoms with Gasteiger partial charge in [-0.05, 0) is 0 Å². The molecule has 2 aromatic rings. The van der Waals surface area contributed by atoms with Gasteiger partial charge in [0.1, 0.15) is 11.1 Å². The molecule has 4 amide bonds. The fourth-order valence-electron chi connectivity index (χ4n) is 2.88. The van der Waals surface area contributed by atoms with Crippen LogP contribution in [0.5, 0.6) is 5.88 Å². The van der Waals surface area contributed by atoms with Gasteiger partial charge in [0.2, 0.25) is 5.88 Å². The first-order chi connectivity index (χ1) is 12.9. The minimum atomic E-state index is -0.959. The molecule has 0 aliphatic carbocycles. The molecule has 134 valence electrons. The molecule has 0 radical (unpaired) electrons. The lowest BCUT2D eigenvalue weighted by molar-refractivity contribution is -0.123. The number of aliphatic imine (C=N–C) groups is 1. The van der Waals surface area contributed by atoms with Gasteiger partial charge in [-0.1, -0.05) is 24.3 Å². The molecule has 1 fully saturated rings. The summed E-state index contributed by atoms with van der Waals surface area (Å²) >= 11 is 0. The highest BCUT2D eigenvalue weighted by Crippen LogP contribution is 2.34. The van der Waals surface area contributed by atoms with Crippen LogP contribution in [0.1, 0.15) is 16.7 Å². The van der Waals surface area contributed by atoms with Crippen molar-refractivity contribution in [2.75, 3.05) is 0 Å². The highest BCUT2D eigenvalue weighted by molar-refractivity contribution is 6.34. The SMILES string of the molecule is O=C1NC(=O)C(=C2N=C(c3c(O)[nH]c(=O)[nH]c3=O)c3ccccc32)C(=O)N1. The quantitative estimate of drug-likeness (QED) is 0.309. The van der Waals surface area contributed by atoms with E-state index in [2.05, 4.69) is 4.99 Å². The minimum Gasteiger partial charge on any atom is -0.494 e. The summed E-state index contributed by atoms with van der Waals surface area (Å²) in [6, 6.07) is 5.42. The fourth-order valence-corrected chi connectivity index (χ4v) is 2.88. The van der Waals surface area contributed by atoms with E-state index in [-0.39, 0.29) is 17.0 Å². The number of nitrogens with one attached hydrogen (secondary N) is 4. The Morgan fingerprint density at radius 1 is 0.852 bits per heavy atom. The third-order valence-electron chi connectivity index (χ3n) is 3.97. The summed E-state index contributed by atoms with van der Waals surface area (Å²) in [5, 5.41) is 13.9. The third kappa shape index (κ3) is 2.45. The summed E-state index contributed by atoms with van der Waals surface area (Å²) in [6.45, 7) is 0. The van der Waals surface area contributed by atoms with Crippen LogP contribution in [0.4, 0.5) is 4.79 Å². The lowest BCUT2D eigenvalue weighted by atomic mass is 9.98. The van der Waals surface area contributed by atoms with Crippen molar-refractivity contribution < 1.29 is 19.5 Å². The van der Waals surface area contributed by atoms with E-state index in [0.29, 0.717) is 11.1 Å². The molecule has 2 aliphatic rings. The number of nitrogens with zero attached hydrogens (tertiary/aromatic N) is 1. The van der Waals surface area contributed by atoms with Gasteiger partial charge in [0.15, 0.2) is 0 Å². The summed E-state index contributed by atoms with van der Waals surface area (Å²) in [5.41, 5.74) is -1.98. The third-order valence-corrected chi connectivity index (χ3v) is 3.97. The smallest absolute Gasteiger partial charge is 0.328 e. The van der Waals surface area contributed by atoms with Crippen LogP contribution in [-0.2, 0) is 9.59 Å². The van der Waals surface area contributed by atoms with Crippen molar-refractivity contribution in [2.24, 2.45) is 4.99 Å². The Bertz CT molecular complexity index is 1210. The molecule has 27 heavy (non-hydrogen) atoms. The number of rotatable bonds is 1. The lowest BCUT2D eigenvalue weighted by Crippen LogP contribution is -2.51. The zero-order chi connectivity index (χ0) is 19.3. The van der Waals surface area contributed by atoms with Crippen LogP contribution >= 0.6 is 0 Å². The van der Waals surface area contributed by atoms with Crippen molar-refractivity contribution in [3.05, 3.63) is 67.4 Å². The number of carbonyl (C=O) groups excluding carboxylic acids is 3. The largest absolute Gasteiger partial charge is 0.494 e.